The van der Waals surface area contributed by atoms with Gasteiger partial charge >= 0.3 is 0 Å². The van der Waals surface area contributed by atoms with Gasteiger partial charge in [-0.1, -0.05) is 29.8 Å². The highest BCUT2D eigenvalue weighted by Crippen LogP contribution is 2.29. The van der Waals surface area contributed by atoms with Crippen LogP contribution < -0.4 is 0 Å². The van der Waals surface area contributed by atoms with Crippen molar-refractivity contribution in [3.05, 3.63) is 53.3 Å². The van der Waals surface area contributed by atoms with Crippen LogP contribution in [0.5, 0.6) is 0 Å². The molecule has 1 radical (unpaired) electrons. The predicted octanol–water partition coefficient (Wildman–Crippen LogP) is 3.99. The first-order valence-electron chi connectivity index (χ1n) is 5.35. The number of fused-ring (bicyclic) bond motifs is 1. The van der Waals surface area contributed by atoms with Gasteiger partial charge < -0.3 is 4.98 Å². The average Bonchev–Trinajstić information content (AvgIpc) is 2.71. The summed E-state index contributed by atoms with van der Waals surface area (Å²) < 4.78 is 0. The molecule has 0 unspecified atom stereocenters. The molecule has 0 aliphatic carbocycles. The molecular weight excluding hydrogens is 232 g/mol. The molecule has 0 fully saturated rings. The fraction of sp³-hybridized carbons (Fsp3) is 0.0714. The number of halogens is 1. The van der Waals surface area contributed by atoms with Crippen molar-refractivity contribution in [2.75, 3.05) is 0 Å². The molecule has 0 spiro atoms. The maximum absolute atomic E-state index is 5.98. The van der Waals surface area contributed by atoms with Crippen molar-refractivity contribution in [1.29, 1.82) is 0 Å². The number of benzene rings is 1. The second-order valence-corrected chi connectivity index (χ2v) is 4.45. The summed E-state index contributed by atoms with van der Waals surface area (Å²) in [4.78, 5) is 7.41. The summed E-state index contributed by atoms with van der Waals surface area (Å²) in [6.07, 6.45) is 3.61. The average molecular weight is 242 g/mol. The van der Waals surface area contributed by atoms with Gasteiger partial charge in [0, 0.05) is 23.3 Å². The Hall–Kier alpha value is -1.80. The van der Waals surface area contributed by atoms with Crippen LogP contribution in [-0.4, -0.2) is 9.97 Å². The number of pyridine rings is 1. The van der Waals surface area contributed by atoms with Crippen molar-refractivity contribution < 1.29 is 0 Å². The van der Waals surface area contributed by atoms with E-state index in [0.717, 1.165) is 27.7 Å². The van der Waals surface area contributed by atoms with E-state index in [1.807, 2.05) is 31.3 Å². The van der Waals surface area contributed by atoms with Crippen LogP contribution in [0.15, 0.2) is 36.7 Å². The number of aromatic amines is 1. The van der Waals surface area contributed by atoms with Crippen LogP contribution in [0.25, 0.3) is 22.2 Å². The molecule has 3 heteroatoms. The van der Waals surface area contributed by atoms with Crippen molar-refractivity contribution in [2.45, 2.75) is 6.92 Å². The monoisotopic (exact) mass is 241 g/mol. The smallest absolute Gasteiger partial charge is 0.137 e. The van der Waals surface area contributed by atoms with Gasteiger partial charge in [0.15, 0.2) is 0 Å². The number of nitrogens with one attached hydrogen (secondary N) is 1. The second kappa shape index (κ2) is 3.90. The Morgan fingerprint density at radius 1 is 1.35 bits per heavy atom. The van der Waals surface area contributed by atoms with Gasteiger partial charge in [-0.05, 0) is 30.2 Å². The number of rotatable bonds is 1. The molecule has 3 rings (SSSR count). The highest BCUT2D eigenvalue weighted by Gasteiger charge is 2.07. The molecule has 3 aromatic rings. The predicted molar refractivity (Wildman–Crippen MR) is 70.1 cm³/mol. The summed E-state index contributed by atoms with van der Waals surface area (Å²) in [6.45, 7) is 2.03. The molecule has 0 bridgehead atoms. The molecule has 83 valence electrons. The zero-order valence-electron chi connectivity index (χ0n) is 9.29. The van der Waals surface area contributed by atoms with Gasteiger partial charge in [0.1, 0.15) is 5.65 Å². The van der Waals surface area contributed by atoms with Crippen molar-refractivity contribution in [3.8, 4) is 11.1 Å². The minimum absolute atomic E-state index is 0.651. The van der Waals surface area contributed by atoms with Gasteiger partial charge in [0.05, 0.1) is 5.02 Å². The molecule has 1 aromatic carbocycles. The molecule has 0 aliphatic rings. The fourth-order valence-electron chi connectivity index (χ4n) is 1.97. The molecule has 0 saturated heterocycles. The van der Waals surface area contributed by atoms with E-state index in [1.54, 1.807) is 6.20 Å². The van der Waals surface area contributed by atoms with Crippen LogP contribution in [0, 0.1) is 13.0 Å². The van der Waals surface area contributed by atoms with Crippen LogP contribution in [0.4, 0.5) is 0 Å². The lowest BCUT2D eigenvalue weighted by atomic mass is 10.0. The van der Waals surface area contributed by atoms with Gasteiger partial charge in [-0.3, -0.25) is 0 Å². The number of hydrogen-bond acceptors (Lipinski definition) is 1. The Kier molecular flexibility index (Phi) is 2.37. The summed E-state index contributed by atoms with van der Waals surface area (Å²) in [5, 5.41) is 1.70. The first-order chi connectivity index (χ1) is 8.24. The Morgan fingerprint density at radius 2 is 2.24 bits per heavy atom. The van der Waals surface area contributed by atoms with E-state index in [9.17, 15) is 0 Å². The largest absolute Gasteiger partial charge is 0.346 e. The summed E-state index contributed by atoms with van der Waals surface area (Å²) in [5.74, 6) is 0. The Bertz CT molecular complexity index is 686. The van der Waals surface area contributed by atoms with Crippen LogP contribution in [0.1, 0.15) is 5.56 Å². The van der Waals surface area contributed by atoms with Crippen LogP contribution >= 0.6 is 11.6 Å². The third-order valence-electron chi connectivity index (χ3n) is 2.75. The highest BCUT2D eigenvalue weighted by atomic mass is 35.5. The summed E-state index contributed by atoms with van der Waals surface area (Å²) in [7, 11) is 0. The van der Waals surface area contributed by atoms with Gasteiger partial charge in [-0.2, -0.15) is 0 Å². The zero-order chi connectivity index (χ0) is 11.8. The van der Waals surface area contributed by atoms with Gasteiger partial charge in [0.2, 0.25) is 0 Å². The summed E-state index contributed by atoms with van der Waals surface area (Å²) >= 11 is 5.98. The second-order valence-electron chi connectivity index (χ2n) is 4.01. The standard InChI is InChI=1S/C14H10ClN2/c1-9-3-2-4-10(5-9)13-8-17-14-12(13)6-11(15)7-16-14/h2,4-8H,1H3,(H,16,17). The number of H-pyrrole nitrogens is 1. The molecule has 0 amide bonds. The number of nitrogens with zero attached hydrogens (tertiary/aromatic N) is 1. The number of aryl methyl sites for hydroxylation is 1. The first-order valence-corrected chi connectivity index (χ1v) is 5.73. The van der Waals surface area contributed by atoms with Crippen molar-refractivity contribution >= 4 is 22.6 Å². The molecular formula is C14H10ClN2. The van der Waals surface area contributed by atoms with E-state index in [2.05, 4.69) is 22.1 Å². The van der Waals surface area contributed by atoms with Crippen LogP contribution in [0.2, 0.25) is 5.02 Å². The minimum Gasteiger partial charge on any atom is -0.346 e. The minimum atomic E-state index is 0.651. The quantitative estimate of drug-likeness (QED) is 0.686. The normalized spacial score (nSPS) is 10.9. The topological polar surface area (TPSA) is 28.7 Å². The van der Waals surface area contributed by atoms with E-state index < -0.39 is 0 Å². The Labute approximate surface area is 104 Å². The lowest BCUT2D eigenvalue weighted by Gasteiger charge is -2.00. The van der Waals surface area contributed by atoms with Gasteiger partial charge in [-0.15, -0.1) is 0 Å². The van der Waals surface area contributed by atoms with Crippen molar-refractivity contribution in [2.24, 2.45) is 0 Å². The molecule has 0 aliphatic heterocycles. The lowest BCUT2D eigenvalue weighted by Crippen LogP contribution is -1.79. The van der Waals surface area contributed by atoms with Crippen molar-refractivity contribution in [1.82, 2.24) is 9.97 Å². The summed E-state index contributed by atoms with van der Waals surface area (Å²) in [5.41, 5.74) is 4.24. The molecule has 2 nitrogen and oxygen atoms in total. The summed E-state index contributed by atoms with van der Waals surface area (Å²) in [6, 6.07) is 11.1. The highest BCUT2D eigenvalue weighted by molar-refractivity contribution is 6.31. The lowest BCUT2D eigenvalue weighted by molar-refractivity contribution is 1.33. The van der Waals surface area contributed by atoms with E-state index in [0.29, 0.717) is 5.02 Å². The van der Waals surface area contributed by atoms with E-state index in [4.69, 9.17) is 11.6 Å². The molecule has 17 heavy (non-hydrogen) atoms. The molecule has 0 saturated carbocycles. The van der Waals surface area contributed by atoms with E-state index in [1.165, 1.54) is 0 Å². The third kappa shape index (κ3) is 1.81. The number of hydrogen-bond donors (Lipinski definition) is 1. The zero-order valence-corrected chi connectivity index (χ0v) is 10.0. The van der Waals surface area contributed by atoms with Gasteiger partial charge in [-0.25, -0.2) is 4.98 Å². The molecule has 2 aromatic heterocycles. The van der Waals surface area contributed by atoms with Crippen molar-refractivity contribution in [3.63, 3.8) is 0 Å². The van der Waals surface area contributed by atoms with E-state index in [-0.39, 0.29) is 0 Å². The molecule has 0 atom stereocenters. The van der Waals surface area contributed by atoms with E-state index >= 15 is 0 Å². The number of aromatic nitrogens is 2. The SMILES string of the molecule is Cc1[c]ccc(-c2c[nH]c3ncc(Cl)cc23)c1. The maximum atomic E-state index is 5.98. The Balaban J connectivity index is 2.27. The Morgan fingerprint density at radius 3 is 3.06 bits per heavy atom. The van der Waals surface area contributed by atoms with Crippen LogP contribution in [0.3, 0.4) is 0 Å². The van der Waals surface area contributed by atoms with Crippen LogP contribution in [-0.2, 0) is 0 Å². The fourth-order valence-corrected chi connectivity index (χ4v) is 2.13. The third-order valence-corrected chi connectivity index (χ3v) is 2.96. The van der Waals surface area contributed by atoms with Gasteiger partial charge in [0.25, 0.3) is 0 Å². The maximum Gasteiger partial charge on any atom is 0.137 e. The molecule has 1 N–H and O–H groups in total. The molecule has 2 heterocycles. The first kappa shape index (κ1) is 10.4.